The highest BCUT2D eigenvalue weighted by atomic mass is 32.1. The first-order valence-corrected chi connectivity index (χ1v) is 12.9. The standard InChI is InChI=1S/C27H27N3O5S/c1-3-17-12-16(2)13-19(14-17)34-10-11-35-22-9-8-18(30(32)33)15-21(22)25-28-26(31)24-20-6-4-5-7-23(20)36-27(24)29-25/h8-9,12-15H,3-7,10-11H2,1-2H3,(H,28,29,31). The number of rotatable bonds is 8. The van der Waals surface area contributed by atoms with Crippen molar-refractivity contribution < 1.29 is 14.4 Å². The van der Waals surface area contributed by atoms with Crippen molar-refractivity contribution in [3.05, 3.63) is 78.4 Å². The second-order valence-electron chi connectivity index (χ2n) is 8.95. The van der Waals surface area contributed by atoms with Crippen molar-refractivity contribution in [3.63, 3.8) is 0 Å². The van der Waals surface area contributed by atoms with Crippen LogP contribution in [0.1, 0.15) is 41.3 Å². The van der Waals surface area contributed by atoms with E-state index in [0.29, 0.717) is 28.1 Å². The van der Waals surface area contributed by atoms with E-state index in [1.807, 2.05) is 19.1 Å². The van der Waals surface area contributed by atoms with Gasteiger partial charge in [0.1, 0.15) is 35.4 Å². The van der Waals surface area contributed by atoms with Crippen molar-refractivity contribution in [2.45, 2.75) is 46.0 Å². The summed E-state index contributed by atoms with van der Waals surface area (Å²) in [7, 11) is 0. The normalized spacial score (nSPS) is 12.9. The molecule has 186 valence electrons. The number of nitrogens with zero attached hydrogens (tertiary/aromatic N) is 2. The number of nitro benzene ring substituents is 1. The van der Waals surface area contributed by atoms with Gasteiger partial charge in [0, 0.05) is 17.0 Å². The van der Waals surface area contributed by atoms with Gasteiger partial charge in [0.05, 0.1) is 15.9 Å². The van der Waals surface area contributed by atoms with Gasteiger partial charge >= 0.3 is 0 Å². The Labute approximate surface area is 212 Å². The quantitative estimate of drug-likeness (QED) is 0.185. The van der Waals surface area contributed by atoms with Crippen molar-refractivity contribution in [1.29, 1.82) is 0 Å². The van der Waals surface area contributed by atoms with E-state index in [4.69, 9.17) is 14.5 Å². The maximum absolute atomic E-state index is 13.0. The number of hydrogen-bond donors (Lipinski definition) is 1. The molecule has 0 amide bonds. The highest BCUT2D eigenvalue weighted by Crippen LogP contribution is 2.36. The summed E-state index contributed by atoms with van der Waals surface area (Å²) in [5, 5.41) is 12.1. The smallest absolute Gasteiger partial charge is 0.270 e. The summed E-state index contributed by atoms with van der Waals surface area (Å²) in [6.07, 6.45) is 4.93. The maximum atomic E-state index is 13.0. The van der Waals surface area contributed by atoms with Crippen molar-refractivity contribution in [2.75, 3.05) is 13.2 Å². The molecule has 2 aromatic heterocycles. The molecule has 0 spiro atoms. The molecule has 1 aliphatic carbocycles. The number of non-ortho nitro benzene ring substituents is 1. The van der Waals surface area contributed by atoms with Crippen LogP contribution < -0.4 is 15.0 Å². The first-order valence-electron chi connectivity index (χ1n) is 12.1. The molecule has 36 heavy (non-hydrogen) atoms. The molecule has 0 fully saturated rings. The number of fused-ring (bicyclic) bond motifs is 3. The van der Waals surface area contributed by atoms with Crippen molar-refractivity contribution in [2.24, 2.45) is 0 Å². The van der Waals surface area contributed by atoms with Gasteiger partial charge in [-0.3, -0.25) is 14.9 Å². The number of H-pyrrole nitrogens is 1. The van der Waals surface area contributed by atoms with Crippen LogP contribution in [0.5, 0.6) is 11.5 Å². The minimum absolute atomic E-state index is 0.103. The molecule has 8 nitrogen and oxygen atoms in total. The predicted octanol–water partition coefficient (Wildman–Crippen LogP) is 5.77. The Morgan fingerprint density at radius 2 is 1.92 bits per heavy atom. The first kappa shape index (κ1) is 24.0. The largest absolute Gasteiger partial charge is 0.490 e. The number of benzene rings is 2. The molecule has 0 aliphatic heterocycles. The fourth-order valence-corrected chi connectivity index (χ4v) is 5.92. The molecule has 0 unspecified atom stereocenters. The highest BCUT2D eigenvalue weighted by Gasteiger charge is 2.22. The lowest BCUT2D eigenvalue weighted by Crippen LogP contribution is -2.13. The predicted molar refractivity (Wildman–Crippen MR) is 141 cm³/mol. The summed E-state index contributed by atoms with van der Waals surface area (Å²) < 4.78 is 11.8. The molecule has 0 saturated heterocycles. The lowest BCUT2D eigenvalue weighted by Gasteiger charge is -2.13. The summed E-state index contributed by atoms with van der Waals surface area (Å²) in [4.78, 5) is 33.5. The molecule has 1 aliphatic rings. The number of aromatic amines is 1. The number of nitro groups is 1. The zero-order valence-corrected chi connectivity index (χ0v) is 21.1. The third-order valence-corrected chi connectivity index (χ3v) is 7.57. The van der Waals surface area contributed by atoms with Gasteiger partial charge in [0.15, 0.2) is 0 Å². The average Bonchev–Trinajstić information content (AvgIpc) is 3.25. The molecular formula is C27H27N3O5S. The fourth-order valence-electron chi connectivity index (χ4n) is 4.66. The van der Waals surface area contributed by atoms with E-state index in [-0.39, 0.29) is 23.7 Å². The van der Waals surface area contributed by atoms with E-state index in [2.05, 4.69) is 18.0 Å². The van der Waals surface area contributed by atoms with Gasteiger partial charge in [-0.05, 0) is 73.9 Å². The van der Waals surface area contributed by atoms with Crippen LogP contribution in [0.3, 0.4) is 0 Å². The second kappa shape index (κ2) is 10.1. The molecule has 0 radical (unpaired) electrons. The molecular weight excluding hydrogens is 478 g/mol. The number of aryl methyl sites for hydroxylation is 4. The molecule has 0 atom stereocenters. The zero-order chi connectivity index (χ0) is 25.2. The number of nitrogens with one attached hydrogen (secondary N) is 1. The Hall–Kier alpha value is -3.72. The minimum atomic E-state index is -0.472. The number of hydrogen-bond acceptors (Lipinski definition) is 7. The van der Waals surface area contributed by atoms with Crippen LogP contribution in [0.15, 0.2) is 41.2 Å². The van der Waals surface area contributed by atoms with E-state index in [1.54, 1.807) is 6.07 Å². The number of ether oxygens (including phenoxy) is 2. The maximum Gasteiger partial charge on any atom is 0.270 e. The zero-order valence-electron chi connectivity index (χ0n) is 20.3. The molecule has 2 heterocycles. The average molecular weight is 506 g/mol. The monoisotopic (exact) mass is 505 g/mol. The van der Waals surface area contributed by atoms with Crippen LogP contribution in [0.2, 0.25) is 0 Å². The van der Waals surface area contributed by atoms with Crippen LogP contribution in [0.4, 0.5) is 5.69 Å². The van der Waals surface area contributed by atoms with Gasteiger partial charge in [-0.25, -0.2) is 4.98 Å². The van der Waals surface area contributed by atoms with Crippen molar-refractivity contribution in [3.8, 4) is 22.9 Å². The Bertz CT molecular complexity index is 1510. The van der Waals surface area contributed by atoms with Gasteiger partial charge < -0.3 is 14.5 Å². The third-order valence-electron chi connectivity index (χ3n) is 6.38. The summed E-state index contributed by atoms with van der Waals surface area (Å²) >= 11 is 1.54. The van der Waals surface area contributed by atoms with Gasteiger partial charge in [-0.1, -0.05) is 13.0 Å². The lowest BCUT2D eigenvalue weighted by atomic mass is 9.97. The summed E-state index contributed by atoms with van der Waals surface area (Å²) in [6, 6.07) is 10.4. The highest BCUT2D eigenvalue weighted by molar-refractivity contribution is 7.18. The SMILES string of the molecule is CCc1cc(C)cc(OCCOc2ccc([N+](=O)[O-])cc2-c2nc3sc4c(c3c(=O)[nH]2)CCCC4)c1. The molecule has 1 N–H and O–H groups in total. The van der Waals surface area contributed by atoms with E-state index < -0.39 is 4.92 Å². The lowest BCUT2D eigenvalue weighted by molar-refractivity contribution is -0.384. The van der Waals surface area contributed by atoms with Crippen molar-refractivity contribution >= 4 is 27.2 Å². The molecule has 2 aromatic carbocycles. The van der Waals surface area contributed by atoms with Crippen LogP contribution in [0, 0.1) is 17.0 Å². The van der Waals surface area contributed by atoms with Gasteiger partial charge in [0.25, 0.3) is 11.2 Å². The second-order valence-corrected chi connectivity index (χ2v) is 10.0. The van der Waals surface area contributed by atoms with Gasteiger partial charge in [-0.2, -0.15) is 0 Å². The van der Waals surface area contributed by atoms with Crippen LogP contribution in [0.25, 0.3) is 21.6 Å². The number of thiophene rings is 1. The summed E-state index contributed by atoms with van der Waals surface area (Å²) in [6.45, 7) is 4.64. The van der Waals surface area contributed by atoms with Crippen molar-refractivity contribution in [1.82, 2.24) is 9.97 Å². The van der Waals surface area contributed by atoms with E-state index in [1.165, 1.54) is 33.9 Å². The Balaban J connectivity index is 1.42. The minimum Gasteiger partial charge on any atom is -0.490 e. The third kappa shape index (κ3) is 4.83. The van der Waals surface area contributed by atoms with E-state index in [9.17, 15) is 14.9 Å². The Kier molecular flexibility index (Phi) is 6.73. The first-order chi connectivity index (χ1) is 17.4. The van der Waals surface area contributed by atoms with Crippen LogP contribution in [-0.2, 0) is 19.3 Å². The van der Waals surface area contributed by atoms with Crippen LogP contribution in [-0.4, -0.2) is 28.1 Å². The Morgan fingerprint density at radius 1 is 1.11 bits per heavy atom. The van der Waals surface area contributed by atoms with Gasteiger partial charge in [0.2, 0.25) is 0 Å². The molecule has 0 saturated carbocycles. The summed E-state index contributed by atoms with van der Waals surface area (Å²) in [5.74, 6) is 1.43. The van der Waals surface area contributed by atoms with Gasteiger partial charge in [-0.15, -0.1) is 11.3 Å². The summed E-state index contributed by atoms with van der Waals surface area (Å²) in [5.41, 5.74) is 3.47. The molecule has 5 rings (SSSR count). The number of aromatic nitrogens is 2. The van der Waals surface area contributed by atoms with E-state index >= 15 is 0 Å². The molecule has 4 aromatic rings. The molecule has 9 heteroatoms. The fraction of sp³-hybridized carbons (Fsp3) is 0.333. The topological polar surface area (TPSA) is 107 Å². The Morgan fingerprint density at radius 3 is 2.72 bits per heavy atom. The van der Waals surface area contributed by atoms with E-state index in [0.717, 1.165) is 49.0 Å². The molecule has 0 bridgehead atoms. The van der Waals surface area contributed by atoms with Crippen LogP contribution >= 0.6 is 11.3 Å².